The number of nitrogens with two attached hydrogens (primary N) is 1. The van der Waals surface area contributed by atoms with Crippen molar-refractivity contribution in [1.82, 2.24) is 9.78 Å². The molecule has 15 heavy (non-hydrogen) atoms. The van der Waals surface area contributed by atoms with Crippen LogP contribution in [0.4, 0.5) is 5.82 Å². The summed E-state index contributed by atoms with van der Waals surface area (Å²) in [5.41, 5.74) is 8.84. The van der Waals surface area contributed by atoms with Crippen molar-refractivity contribution in [3.8, 4) is 0 Å². The van der Waals surface area contributed by atoms with Gasteiger partial charge in [-0.15, -0.1) is 0 Å². The van der Waals surface area contributed by atoms with E-state index in [1.165, 1.54) is 49.8 Å². The van der Waals surface area contributed by atoms with Crippen LogP contribution < -0.4 is 5.73 Å². The number of fused-ring (bicyclic) bond motifs is 1. The predicted octanol–water partition coefficient (Wildman–Crippen LogP) is 2.46. The van der Waals surface area contributed by atoms with Crippen molar-refractivity contribution in [1.29, 1.82) is 0 Å². The first-order valence-electron chi connectivity index (χ1n) is 6.22. The topological polar surface area (TPSA) is 43.8 Å². The van der Waals surface area contributed by atoms with Crippen molar-refractivity contribution in [3.63, 3.8) is 0 Å². The Bertz CT molecular complexity index is 361. The van der Waals surface area contributed by atoms with E-state index in [4.69, 9.17) is 10.8 Å². The standard InChI is InChI=1S/C12H19N3/c13-12-10-7-3-4-8-11(10)14-15(12)9-5-1-2-6-9/h9H,1-8,13H2. The fourth-order valence-electron chi connectivity index (χ4n) is 3.03. The van der Waals surface area contributed by atoms with E-state index in [0.29, 0.717) is 6.04 Å². The summed E-state index contributed by atoms with van der Waals surface area (Å²) < 4.78 is 2.13. The molecule has 1 fully saturated rings. The minimum absolute atomic E-state index is 0.593. The molecule has 1 saturated carbocycles. The smallest absolute Gasteiger partial charge is 0.125 e. The molecule has 0 bridgehead atoms. The van der Waals surface area contributed by atoms with Crippen molar-refractivity contribution >= 4 is 5.82 Å². The Morgan fingerprint density at radius 3 is 2.53 bits per heavy atom. The zero-order valence-electron chi connectivity index (χ0n) is 9.21. The van der Waals surface area contributed by atoms with Gasteiger partial charge in [0.05, 0.1) is 11.7 Å². The van der Waals surface area contributed by atoms with Crippen LogP contribution in [0.25, 0.3) is 0 Å². The lowest BCUT2D eigenvalue weighted by atomic mass is 9.98. The van der Waals surface area contributed by atoms with Gasteiger partial charge in [-0.25, -0.2) is 4.68 Å². The fourth-order valence-corrected chi connectivity index (χ4v) is 3.03. The third kappa shape index (κ3) is 1.45. The molecule has 2 aliphatic carbocycles. The molecule has 0 saturated heterocycles. The maximum absolute atomic E-state index is 6.20. The second kappa shape index (κ2) is 3.54. The van der Waals surface area contributed by atoms with E-state index in [2.05, 4.69) is 4.68 Å². The van der Waals surface area contributed by atoms with Crippen LogP contribution in [0.15, 0.2) is 0 Å². The van der Waals surface area contributed by atoms with Crippen LogP contribution in [-0.2, 0) is 12.8 Å². The van der Waals surface area contributed by atoms with Crippen molar-refractivity contribution in [3.05, 3.63) is 11.3 Å². The highest BCUT2D eigenvalue weighted by atomic mass is 15.3. The maximum Gasteiger partial charge on any atom is 0.125 e. The Morgan fingerprint density at radius 1 is 1.07 bits per heavy atom. The molecule has 3 nitrogen and oxygen atoms in total. The molecule has 2 N–H and O–H groups in total. The van der Waals surface area contributed by atoms with Crippen LogP contribution in [0, 0.1) is 0 Å². The molecule has 82 valence electrons. The first-order valence-corrected chi connectivity index (χ1v) is 6.22. The molecule has 0 amide bonds. The lowest BCUT2D eigenvalue weighted by Crippen LogP contribution is -2.10. The van der Waals surface area contributed by atoms with Gasteiger partial charge in [-0.3, -0.25) is 0 Å². The number of anilines is 1. The molecule has 2 aliphatic rings. The van der Waals surface area contributed by atoms with Crippen LogP contribution in [0.5, 0.6) is 0 Å². The minimum atomic E-state index is 0.593. The number of rotatable bonds is 1. The summed E-state index contributed by atoms with van der Waals surface area (Å²) >= 11 is 0. The second-order valence-electron chi connectivity index (χ2n) is 4.90. The summed E-state index contributed by atoms with van der Waals surface area (Å²) in [6.07, 6.45) is 10.1. The average Bonchev–Trinajstić information content (AvgIpc) is 2.87. The van der Waals surface area contributed by atoms with Crippen LogP contribution in [0.1, 0.15) is 55.8 Å². The number of hydrogen-bond acceptors (Lipinski definition) is 2. The van der Waals surface area contributed by atoms with Gasteiger partial charge in [0.2, 0.25) is 0 Å². The highest BCUT2D eigenvalue weighted by Crippen LogP contribution is 2.34. The SMILES string of the molecule is Nc1c2c(nn1C1CCCC1)CCCC2. The zero-order valence-corrected chi connectivity index (χ0v) is 9.21. The molecule has 0 unspecified atom stereocenters. The number of aromatic nitrogens is 2. The Kier molecular flexibility index (Phi) is 2.19. The van der Waals surface area contributed by atoms with Crippen LogP contribution in [-0.4, -0.2) is 9.78 Å². The van der Waals surface area contributed by atoms with Crippen LogP contribution >= 0.6 is 0 Å². The van der Waals surface area contributed by atoms with E-state index in [1.807, 2.05) is 0 Å². The van der Waals surface area contributed by atoms with E-state index in [9.17, 15) is 0 Å². The minimum Gasteiger partial charge on any atom is -0.384 e. The molecular weight excluding hydrogens is 186 g/mol. The van der Waals surface area contributed by atoms with Crippen LogP contribution in [0.2, 0.25) is 0 Å². The average molecular weight is 205 g/mol. The molecule has 3 rings (SSSR count). The van der Waals surface area contributed by atoms with E-state index in [1.54, 1.807) is 0 Å². The van der Waals surface area contributed by atoms with Gasteiger partial charge < -0.3 is 5.73 Å². The summed E-state index contributed by atoms with van der Waals surface area (Å²) in [5, 5.41) is 4.72. The van der Waals surface area contributed by atoms with Gasteiger partial charge in [0.15, 0.2) is 0 Å². The van der Waals surface area contributed by atoms with Crippen LogP contribution in [0.3, 0.4) is 0 Å². The normalized spacial score (nSPS) is 21.9. The first-order chi connectivity index (χ1) is 7.36. The second-order valence-corrected chi connectivity index (χ2v) is 4.90. The Morgan fingerprint density at radius 2 is 1.80 bits per heavy atom. The van der Waals surface area contributed by atoms with Gasteiger partial charge >= 0.3 is 0 Å². The fraction of sp³-hybridized carbons (Fsp3) is 0.750. The highest BCUT2D eigenvalue weighted by molar-refractivity contribution is 5.45. The van der Waals surface area contributed by atoms with E-state index < -0.39 is 0 Å². The quantitative estimate of drug-likeness (QED) is 0.765. The van der Waals surface area contributed by atoms with Gasteiger partial charge in [0.1, 0.15) is 5.82 Å². The van der Waals surface area contributed by atoms with Crippen molar-refractivity contribution in [2.75, 3.05) is 5.73 Å². The van der Waals surface area contributed by atoms with Crippen molar-refractivity contribution in [2.24, 2.45) is 0 Å². The number of hydrogen-bond donors (Lipinski definition) is 1. The van der Waals surface area contributed by atoms with Gasteiger partial charge in [0, 0.05) is 5.56 Å². The third-order valence-corrected chi connectivity index (χ3v) is 3.89. The summed E-state index contributed by atoms with van der Waals surface area (Å²) in [6, 6.07) is 0.593. The number of nitrogen functional groups attached to an aromatic ring is 1. The Labute approximate surface area is 90.7 Å². The lowest BCUT2D eigenvalue weighted by molar-refractivity contribution is 0.469. The van der Waals surface area contributed by atoms with E-state index >= 15 is 0 Å². The largest absolute Gasteiger partial charge is 0.384 e. The molecule has 1 aromatic heterocycles. The monoisotopic (exact) mass is 205 g/mol. The summed E-state index contributed by atoms with van der Waals surface area (Å²) in [5.74, 6) is 0.969. The molecular formula is C12H19N3. The number of aryl methyl sites for hydroxylation is 1. The molecule has 1 heterocycles. The van der Waals surface area contributed by atoms with Gasteiger partial charge in [0.25, 0.3) is 0 Å². The van der Waals surface area contributed by atoms with Gasteiger partial charge in [-0.2, -0.15) is 5.10 Å². The van der Waals surface area contributed by atoms with Gasteiger partial charge in [-0.05, 0) is 38.5 Å². The maximum atomic E-state index is 6.20. The van der Waals surface area contributed by atoms with E-state index in [0.717, 1.165) is 18.7 Å². The summed E-state index contributed by atoms with van der Waals surface area (Å²) in [7, 11) is 0. The number of nitrogens with zero attached hydrogens (tertiary/aromatic N) is 2. The molecule has 0 spiro atoms. The molecule has 0 aliphatic heterocycles. The summed E-state index contributed by atoms with van der Waals surface area (Å²) in [6.45, 7) is 0. The molecule has 3 heteroatoms. The van der Waals surface area contributed by atoms with Crippen molar-refractivity contribution in [2.45, 2.75) is 57.4 Å². The summed E-state index contributed by atoms with van der Waals surface area (Å²) in [4.78, 5) is 0. The first kappa shape index (κ1) is 9.25. The van der Waals surface area contributed by atoms with Gasteiger partial charge in [-0.1, -0.05) is 12.8 Å². The zero-order chi connectivity index (χ0) is 10.3. The molecule has 1 aromatic rings. The van der Waals surface area contributed by atoms with E-state index in [-0.39, 0.29) is 0 Å². The lowest BCUT2D eigenvalue weighted by Gasteiger charge is -2.12. The predicted molar refractivity (Wildman–Crippen MR) is 60.8 cm³/mol. The molecule has 0 aromatic carbocycles. The Balaban J connectivity index is 1.97. The molecule has 0 radical (unpaired) electrons. The third-order valence-electron chi connectivity index (χ3n) is 3.89. The Hall–Kier alpha value is -0.990. The molecule has 0 atom stereocenters. The highest BCUT2D eigenvalue weighted by Gasteiger charge is 2.24. The van der Waals surface area contributed by atoms with Crippen molar-refractivity contribution < 1.29 is 0 Å².